The van der Waals surface area contributed by atoms with E-state index in [9.17, 15) is 9.59 Å². The molecule has 0 atom stereocenters. The highest BCUT2D eigenvalue weighted by atomic mass is 16.1. The molecule has 0 heterocycles. The van der Waals surface area contributed by atoms with Crippen molar-refractivity contribution in [1.82, 2.24) is 0 Å². The van der Waals surface area contributed by atoms with Gasteiger partial charge in [-0.25, -0.2) is 0 Å². The summed E-state index contributed by atoms with van der Waals surface area (Å²) in [5, 5.41) is 3.39. The quantitative estimate of drug-likeness (QED) is 0.904. The molecule has 2 aromatic rings. The Morgan fingerprint density at radius 1 is 1.21 bits per heavy atom. The summed E-state index contributed by atoms with van der Waals surface area (Å²) in [4.78, 5) is 23.4. The molecule has 0 unspecified atom stereocenters. The Morgan fingerprint density at radius 3 is 2.67 bits per heavy atom. The van der Waals surface area contributed by atoms with Gasteiger partial charge in [-0.15, -0.1) is 0 Å². The fourth-order valence-corrected chi connectivity index (χ4v) is 3.23. The number of fused-ring (bicyclic) bond motifs is 1. The second kappa shape index (κ2) is 5.78. The lowest BCUT2D eigenvalue weighted by molar-refractivity contribution is -0.117. The molecule has 2 aromatic carbocycles. The number of carbonyl (C=O) groups is 2. The first-order valence-corrected chi connectivity index (χ1v) is 8.09. The SMILES string of the molecule is Cc1ccc(CC(N)=O)cc1Nc1ccc2c(c1)CC(C)(C)C2=O. The molecule has 0 spiro atoms. The van der Waals surface area contributed by atoms with E-state index >= 15 is 0 Å². The minimum atomic E-state index is -0.344. The number of rotatable bonds is 4. The van der Waals surface area contributed by atoms with Gasteiger partial charge in [0.05, 0.1) is 6.42 Å². The van der Waals surface area contributed by atoms with E-state index in [1.807, 2.05) is 57.2 Å². The number of primary amides is 1. The van der Waals surface area contributed by atoms with Crippen molar-refractivity contribution in [2.75, 3.05) is 5.32 Å². The van der Waals surface area contributed by atoms with Crippen molar-refractivity contribution in [2.45, 2.75) is 33.6 Å². The molecule has 0 aliphatic heterocycles. The molecule has 0 radical (unpaired) electrons. The molecule has 1 amide bonds. The lowest BCUT2D eigenvalue weighted by Gasteiger charge is -2.13. The molecule has 1 aliphatic rings. The molecule has 0 saturated heterocycles. The van der Waals surface area contributed by atoms with Crippen molar-refractivity contribution in [3.63, 3.8) is 0 Å². The lowest BCUT2D eigenvalue weighted by atomic mass is 9.89. The Kier molecular flexibility index (Phi) is 3.91. The van der Waals surface area contributed by atoms with Crippen molar-refractivity contribution in [2.24, 2.45) is 11.1 Å². The molecule has 4 heteroatoms. The normalized spacial score (nSPS) is 15.2. The Labute approximate surface area is 142 Å². The van der Waals surface area contributed by atoms with Gasteiger partial charge in [-0.05, 0) is 54.3 Å². The van der Waals surface area contributed by atoms with Crippen LogP contribution in [-0.4, -0.2) is 11.7 Å². The van der Waals surface area contributed by atoms with Crippen LogP contribution >= 0.6 is 0 Å². The molecule has 3 rings (SSSR count). The molecule has 0 saturated carbocycles. The average molecular weight is 322 g/mol. The minimum absolute atomic E-state index is 0.212. The number of nitrogens with two attached hydrogens (primary N) is 1. The van der Waals surface area contributed by atoms with Crippen LogP contribution in [0.1, 0.15) is 40.9 Å². The number of aryl methyl sites for hydroxylation is 1. The fourth-order valence-electron chi connectivity index (χ4n) is 3.23. The molecule has 3 N–H and O–H groups in total. The van der Waals surface area contributed by atoms with E-state index in [4.69, 9.17) is 5.73 Å². The molecule has 4 nitrogen and oxygen atoms in total. The zero-order valence-corrected chi connectivity index (χ0v) is 14.3. The van der Waals surface area contributed by atoms with Gasteiger partial charge in [0.15, 0.2) is 5.78 Å². The highest BCUT2D eigenvalue weighted by Crippen LogP contribution is 2.37. The van der Waals surface area contributed by atoms with Gasteiger partial charge in [-0.2, -0.15) is 0 Å². The summed E-state index contributed by atoms with van der Waals surface area (Å²) in [6.45, 7) is 5.98. The molecule has 1 aliphatic carbocycles. The number of hydrogen-bond donors (Lipinski definition) is 2. The summed E-state index contributed by atoms with van der Waals surface area (Å²) >= 11 is 0. The predicted molar refractivity (Wildman–Crippen MR) is 95.6 cm³/mol. The zero-order valence-electron chi connectivity index (χ0n) is 14.3. The molecular weight excluding hydrogens is 300 g/mol. The van der Waals surface area contributed by atoms with Gasteiger partial charge < -0.3 is 11.1 Å². The highest BCUT2D eigenvalue weighted by molar-refractivity contribution is 6.04. The van der Waals surface area contributed by atoms with Crippen LogP contribution < -0.4 is 11.1 Å². The maximum Gasteiger partial charge on any atom is 0.221 e. The highest BCUT2D eigenvalue weighted by Gasteiger charge is 2.37. The summed E-state index contributed by atoms with van der Waals surface area (Å²) in [7, 11) is 0. The topological polar surface area (TPSA) is 72.2 Å². The van der Waals surface area contributed by atoms with Gasteiger partial charge in [0, 0.05) is 22.4 Å². The third kappa shape index (κ3) is 3.04. The predicted octanol–water partition coefficient (Wildman–Crippen LogP) is 3.53. The van der Waals surface area contributed by atoms with Crippen LogP contribution in [0.3, 0.4) is 0 Å². The second-order valence-electron chi connectivity index (χ2n) is 7.18. The first-order valence-electron chi connectivity index (χ1n) is 8.09. The Hall–Kier alpha value is -2.62. The largest absolute Gasteiger partial charge is 0.369 e. The number of Topliss-reactive ketones (excluding diaryl/α,β-unsaturated/α-hetero) is 1. The Morgan fingerprint density at radius 2 is 1.96 bits per heavy atom. The average Bonchev–Trinajstić information content (AvgIpc) is 2.71. The van der Waals surface area contributed by atoms with Gasteiger partial charge in [-0.3, -0.25) is 9.59 Å². The van der Waals surface area contributed by atoms with Gasteiger partial charge in [0.25, 0.3) is 0 Å². The van der Waals surface area contributed by atoms with Crippen LogP contribution in [-0.2, 0) is 17.6 Å². The third-order valence-electron chi connectivity index (χ3n) is 4.56. The maximum absolute atomic E-state index is 12.3. The number of carbonyl (C=O) groups excluding carboxylic acids is 2. The number of amides is 1. The summed E-state index contributed by atoms with van der Waals surface area (Å²) < 4.78 is 0. The van der Waals surface area contributed by atoms with Gasteiger partial charge in [0.1, 0.15) is 0 Å². The number of anilines is 2. The summed E-state index contributed by atoms with van der Waals surface area (Å²) in [5.74, 6) is -0.133. The monoisotopic (exact) mass is 322 g/mol. The molecular formula is C20H22N2O2. The van der Waals surface area contributed by atoms with E-state index < -0.39 is 0 Å². The second-order valence-corrected chi connectivity index (χ2v) is 7.18. The Bertz CT molecular complexity index is 838. The number of nitrogens with one attached hydrogen (secondary N) is 1. The molecule has 0 fully saturated rings. The molecule has 24 heavy (non-hydrogen) atoms. The third-order valence-corrected chi connectivity index (χ3v) is 4.56. The van der Waals surface area contributed by atoms with E-state index in [-0.39, 0.29) is 23.5 Å². The zero-order chi connectivity index (χ0) is 17.5. The Balaban J connectivity index is 1.88. The van der Waals surface area contributed by atoms with Crippen molar-refractivity contribution < 1.29 is 9.59 Å². The van der Waals surface area contributed by atoms with Crippen LogP contribution in [0.4, 0.5) is 11.4 Å². The lowest BCUT2D eigenvalue weighted by Crippen LogP contribution is -2.18. The summed E-state index contributed by atoms with van der Waals surface area (Å²) in [6, 6.07) is 11.7. The van der Waals surface area contributed by atoms with Crippen LogP contribution in [0.2, 0.25) is 0 Å². The van der Waals surface area contributed by atoms with Crippen LogP contribution in [0, 0.1) is 12.3 Å². The van der Waals surface area contributed by atoms with E-state index in [0.717, 1.165) is 40.0 Å². The first-order chi connectivity index (χ1) is 11.3. The number of hydrogen-bond acceptors (Lipinski definition) is 3. The number of ketones is 1. The smallest absolute Gasteiger partial charge is 0.221 e. The van der Waals surface area contributed by atoms with E-state index in [0.29, 0.717) is 0 Å². The van der Waals surface area contributed by atoms with Crippen LogP contribution in [0.15, 0.2) is 36.4 Å². The van der Waals surface area contributed by atoms with E-state index in [2.05, 4.69) is 5.32 Å². The summed E-state index contributed by atoms with van der Waals surface area (Å²) in [5.41, 5.74) is 10.7. The van der Waals surface area contributed by atoms with Gasteiger partial charge in [0.2, 0.25) is 5.91 Å². The van der Waals surface area contributed by atoms with Crippen LogP contribution in [0.25, 0.3) is 0 Å². The number of benzene rings is 2. The molecule has 124 valence electrons. The van der Waals surface area contributed by atoms with Crippen molar-refractivity contribution in [1.29, 1.82) is 0 Å². The van der Waals surface area contributed by atoms with Crippen LogP contribution in [0.5, 0.6) is 0 Å². The standard InChI is InChI=1S/C20H22N2O2/c1-12-4-5-13(9-18(21)23)8-17(12)22-15-6-7-16-14(10-15)11-20(2,3)19(16)24/h4-8,10,22H,9,11H2,1-3H3,(H2,21,23). The molecule has 0 bridgehead atoms. The first kappa shape index (κ1) is 16.2. The van der Waals surface area contributed by atoms with E-state index in [1.165, 1.54) is 0 Å². The van der Waals surface area contributed by atoms with Crippen molar-refractivity contribution in [3.8, 4) is 0 Å². The minimum Gasteiger partial charge on any atom is -0.369 e. The maximum atomic E-state index is 12.3. The van der Waals surface area contributed by atoms with Crippen molar-refractivity contribution >= 4 is 23.1 Å². The summed E-state index contributed by atoms with van der Waals surface area (Å²) in [6.07, 6.45) is 0.985. The van der Waals surface area contributed by atoms with Crippen molar-refractivity contribution in [3.05, 3.63) is 58.7 Å². The molecule has 0 aromatic heterocycles. The fraction of sp³-hybridized carbons (Fsp3) is 0.300. The van der Waals surface area contributed by atoms with E-state index in [1.54, 1.807) is 0 Å². The van der Waals surface area contributed by atoms with Gasteiger partial charge >= 0.3 is 0 Å². The van der Waals surface area contributed by atoms with Gasteiger partial charge in [-0.1, -0.05) is 26.0 Å².